The highest BCUT2D eigenvalue weighted by atomic mass is 32.1. The number of hydrogen-bond acceptors (Lipinski definition) is 8. The van der Waals surface area contributed by atoms with E-state index in [-0.39, 0.29) is 0 Å². The van der Waals surface area contributed by atoms with Crippen LogP contribution in [-0.2, 0) is 11.3 Å². The van der Waals surface area contributed by atoms with Gasteiger partial charge in [-0.05, 0) is 51.0 Å². The van der Waals surface area contributed by atoms with Crippen LogP contribution >= 0.6 is 22.7 Å². The number of nitrogens with zero attached hydrogens (tertiary/aromatic N) is 5. The SMILES string of the molecule is C[C@@H]1CC[C@@H](C)N1[C@@H]1CCCN(c2nc(CN3CCOCC3)nc3scc(-c4cccs4)c23)C1. The van der Waals surface area contributed by atoms with Crippen LogP contribution in [0.1, 0.15) is 45.4 Å². The van der Waals surface area contributed by atoms with Crippen molar-refractivity contribution in [2.75, 3.05) is 44.3 Å². The molecule has 0 unspecified atom stereocenters. The van der Waals surface area contributed by atoms with Crippen LogP contribution in [0.4, 0.5) is 5.82 Å². The maximum atomic E-state index is 5.56. The molecule has 3 saturated heterocycles. The molecule has 34 heavy (non-hydrogen) atoms. The molecule has 3 aromatic heterocycles. The zero-order valence-corrected chi connectivity index (χ0v) is 21.9. The van der Waals surface area contributed by atoms with Crippen molar-refractivity contribution < 1.29 is 4.74 Å². The predicted molar refractivity (Wildman–Crippen MR) is 142 cm³/mol. The van der Waals surface area contributed by atoms with E-state index in [1.165, 1.54) is 41.5 Å². The van der Waals surface area contributed by atoms with Gasteiger partial charge < -0.3 is 9.64 Å². The van der Waals surface area contributed by atoms with Gasteiger partial charge in [-0.2, -0.15) is 0 Å². The molecular weight excluding hydrogens is 462 g/mol. The second-order valence-corrected chi connectivity index (χ2v) is 11.9. The highest BCUT2D eigenvalue weighted by Crippen LogP contribution is 2.41. The summed E-state index contributed by atoms with van der Waals surface area (Å²) in [5.74, 6) is 2.11. The van der Waals surface area contributed by atoms with Crippen molar-refractivity contribution in [2.24, 2.45) is 0 Å². The van der Waals surface area contributed by atoms with Crippen molar-refractivity contribution in [3.63, 3.8) is 0 Å². The van der Waals surface area contributed by atoms with Gasteiger partial charge in [0, 0.05) is 60.1 Å². The zero-order valence-electron chi connectivity index (χ0n) is 20.3. The number of piperidine rings is 1. The van der Waals surface area contributed by atoms with Gasteiger partial charge in [-0.25, -0.2) is 9.97 Å². The summed E-state index contributed by atoms with van der Waals surface area (Å²) in [5, 5.41) is 5.71. The Kier molecular flexibility index (Phi) is 6.60. The number of rotatable bonds is 5. The lowest BCUT2D eigenvalue weighted by Gasteiger charge is -2.42. The first-order valence-corrected chi connectivity index (χ1v) is 14.6. The monoisotopic (exact) mass is 497 g/mol. The Labute approximate surface area is 210 Å². The second-order valence-electron chi connectivity index (χ2n) is 10.1. The van der Waals surface area contributed by atoms with E-state index >= 15 is 0 Å². The molecule has 0 spiro atoms. The van der Waals surface area contributed by atoms with Crippen LogP contribution in [0.15, 0.2) is 22.9 Å². The van der Waals surface area contributed by atoms with Crippen LogP contribution in [0.5, 0.6) is 0 Å². The molecule has 0 saturated carbocycles. The van der Waals surface area contributed by atoms with Crippen molar-refractivity contribution in [1.82, 2.24) is 19.8 Å². The van der Waals surface area contributed by atoms with Crippen molar-refractivity contribution in [1.29, 1.82) is 0 Å². The van der Waals surface area contributed by atoms with Crippen molar-refractivity contribution in [2.45, 2.75) is 64.2 Å². The van der Waals surface area contributed by atoms with Crippen LogP contribution in [0.25, 0.3) is 20.7 Å². The number of hydrogen-bond donors (Lipinski definition) is 0. The molecule has 0 N–H and O–H groups in total. The van der Waals surface area contributed by atoms with E-state index in [1.807, 2.05) is 11.3 Å². The molecule has 0 bridgehead atoms. The lowest BCUT2D eigenvalue weighted by molar-refractivity contribution is 0.0331. The number of fused-ring (bicyclic) bond motifs is 1. The molecule has 182 valence electrons. The number of aromatic nitrogens is 2. The molecule has 3 aliphatic rings. The highest BCUT2D eigenvalue weighted by molar-refractivity contribution is 7.18. The van der Waals surface area contributed by atoms with E-state index in [4.69, 9.17) is 14.7 Å². The summed E-state index contributed by atoms with van der Waals surface area (Å²) in [6.07, 6.45) is 5.17. The molecule has 6 heterocycles. The minimum Gasteiger partial charge on any atom is -0.379 e. The minimum absolute atomic E-state index is 0.609. The van der Waals surface area contributed by atoms with Gasteiger partial charge in [0.05, 0.1) is 25.1 Å². The van der Waals surface area contributed by atoms with Crippen LogP contribution in [-0.4, -0.2) is 77.3 Å². The molecule has 8 heteroatoms. The quantitative estimate of drug-likeness (QED) is 0.489. The average Bonchev–Trinajstić information content (AvgIpc) is 3.60. The fraction of sp³-hybridized carbons (Fsp3) is 0.615. The number of ether oxygens (including phenoxy) is 1. The van der Waals surface area contributed by atoms with Gasteiger partial charge in [0.1, 0.15) is 16.5 Å². The van der Waals surface area contributed by atoms with Crippen LogP contribution < -0.4 is 4.90 Å². The topological polar surface area (TPSA) is 44.7 Å². The Morgan fingerprint density at radius 1 is 1.03 bits per heavy atom. The van der Waals surface area contributed by atoms with Crippen molar-refractivity contribution in [3.8, 4) is 10.4 Å². The Hall–Kier alpha value is -1.58. The van der Waals surface area contributed by atoms with Gasteiger partial charge in [-0.15, -0.1) is 22.7 Å². The first-order chi connectivity index (χ1) is 16.7. The predicted octanol–water partition coefficient (Wildman–Crippen LogP) is 5.09. The summed E-state index contributed by atoms with van der Waals surface area (Å²) in [5.41, 5.74) is 1.30. The standard InChI is InChI=1S/C26H35N5OS2/c1-18-7-8-19(2)31(18)20-5-3-9-30(15-20)25-24-21(22-6-4-14-33-22)17-34-26(24)28-23(27-25)16-29-10-12-32-13-11-29/h4,6,14,17-20H,3,5,7-13,15-16H2,1-2H3/t18-,19-,20-/m1/s1. The maximum Gasteiger partial charge on any atom is 0.146 e. The summed E-state index contributed by atoms with van der Waals surface area (Å²) in [4.78, 5) is 20.6. The smallest absolute Gasteiger partial charge is 0.146 e. The van der Waals surface area contributed by atoms with Crippen LogP contribution in [0, 0.1) is 0 Å². The summed E-state index contributed by atoms with van der Waals surface area (Å²) >= 11 is 3.58. The first-order valence-electron chi connectivity index (χ1n) is 12.8. The Bertz CT molecular complexity index is 1100. The molecule has 3 aliphatic heterocycles. The Morgan fingerprint density at radius 3 is 2.62 bits per heavy atom. The molecule has 3 aromatic rings. The summed E-state index contributed by atoms with van der Waals surface area (Å²) in [6, 6.07) is 6.35. The van der Waals surface area contributed by atoms with Gasteiger partial charge >= 0.3 is 0 Å². The van der Waals surface area contributed by atoms with Crippen molar-refractivity contribution in [3.05, 3.63) is 28.7 Å². The third-order valence-electron chi connectivity index (χ3n) is 7.85. The lowest BCUT2D eigenvalue weighted by Crippen LogP contribution is -2.51. The molecule has 0 aliphatic carbocycles. The van der Waals surface area contributed by atoms with Crippen LogP contribution in [0.3, 0.4) is 0 Å². The van der Waals surface area contributed by atoms with Gasteiger partial charge in [0.25, 0.3) is 0 Å². The molecule has 0 amide bonds. The summed E-state index contributed by atoms with van der Waals surface area (Å²) in [6.45, 7) is 11.3. The van der Waals surface area contributed by atoms with E-state index < -0.39 is 0 Å². The van der Waals surface area contributed by atoms with E-state index in [1.54, 1.807) is 11.3 Å². The number of anilines is 1. The van der Waals surface area contributed by atoms with Gasteiger partial charge in [-0.1, -0.05) is 6.07 Å². The molecule has 6 nitrogen and oxygen atoms in total. The van der Waals surface area contributed by atoms with Gasteiger partial charge in [0.15, 0.2) is 0 Å². The zero-order chi connectivity index (χ0) is 23.1. The number of likely N-dealkylation sites (tertiary alicyclic amines) is 1. The van der Waals surface area contributed by atoms with E-state index in [2.05, 4.69) is 51.4 Å². The maximum absolute atomic E-state index is 5.56. The van der Waals surface area contributed by atoms with Gasteiger partial charge in [-0.3, -0.25) is 9.80 Å². The fourth-order valence-corrected chi connectivity index (χ4v) is 7.94. The molecule has 0 radical (unpaired) electrons. The summed E-state index contributed by atoms with van der Waals surface area (Å²) < 4.78 is 5.56. The van der Waals surface area contributed by atoms with Crippen molar-refractivity contribution >= 4 is 38.7 Å². The Balaban J connectivity index is 1.37. The van der Waals surface area contributed by atoms with Gasteiger partial charge in [0.2, 0.25) is 0 Å². The van der Waals surface area contributed by atoms with E-state index in [9.17, 15) is 0 Å². The Morgan fingerprint density at radius 2 is 1.85 bits per heavy atom. The molecular formula is C26H35N5OS2. The largest absolute Gasteiger partial charge is 0.379 e. The highest BCUT2D eigenvalue weighted by Gasteiger charge is 2.36. The molecule has 6 rings (SSSR count). The average molecular weight is 498 g/mol. The first kappa shape index (κ1) is 22.9. The third kappa shape index (κ3) is 4.39. The number of morpholine rings is 1. The number of thiophene rings is 2. The van der Waals surface area contributed by atoms with Crippen LogP contribution in [0.2, 0.25) is 0 Å². The fourth-order valence-electron chi connectivity index (χ4n) is 6.16. The minimum atomic E-state index is 0.609. The summed E-state index contributed by atoms with van der Waals surface area (Å²) in [7, 11) is 0. The third-order valence-corrected chi connectivity index (χ3v) is 9.63. The second kappa shape index (κ2) is 9.82. The molecule has 3 fully saturated rings. The van der Waals surface area contributed by atoms with E-state index in [0.717, 1.165) is 62.4 Å². The molecule has 3 atom stereocenters. The lowest BCUT2D eigenvalue weighted by atomic mass is 10.0. The normalized spacial score (nSPS) is 27.1. The molecule has 0 aromatic carbocycles. The van der Waals surface area contributed by atoms with E-state index in [0.29, 0.717) is 18.1 Å².